The molecule has 178 valence electrons. The number of para-hydroxylation sites is 1. The number of aromatic nitrogens is 1. The van der Waals surface area contributed by atoms with Gasteiger partial charge in [-0.3, -0.25) is 10.2 Å². The molecule has 3 aromatic rings. The molecule has 6 nitrogen and oxygen atoms in total. The summed E-state index contributed by atoms with van der Waals surface area (Å²) in [6, 6.07) is 18.4. The summed E-state index contributed by atoms with van der Waals surface area (Å²) in [4.78, 5) is 17.2. The van der Waals surface area contributed by atoms with Crippen molar-refractivity contribution in [2.45, 2.75) is 52.0 Å². The number of nitrogens with one attached hydrogen (secondary N) is 1. The van der Waals surface area contributed by atoms with E-state index in [1.165, 1.54) is 48.0 Å². The summed E-state index contributed by atoms with van der Waals surface area (Å²) in [5, 5.41) is 17.3. The zero-order chi connectivity index (χ0) is 24.2. The van der Waals surface area contributed by atoms with Gasteiger partial charge in [-0.05, 0) is 42.3 Å². The minimum Gasteiger partial charge on any atom is -0.342 e. The van der Waals surface area contributed by atoms with Crippen molar-refractivity contribution in [3.05, 3.63) is 77.5 Å². The van der Waals surface area contributed by atoms with Crippen LogP contribution in [-0.4, -0.2) is 31.5 Å². The van der Waals surface area contributed by atoms with Crippen molar-refractivity contribution >= 4 is 50.7 Å². The smallest absolute Gasteiger partial charge is 0.283 e. The number of fused-ring (bicyclic) bond motifs is 2. The Bertz CT molecular complexity index is 1350. The van der Waals surface area contributed by atoms with Crippen molar-refractivity contribution in [2.24, 2.45) is 10.1 Å². The molecule has 1 amide bonds. The number of hydrogen-bond donors (Lipinski definition) is 1. The Hall–Kier alpha value is -3.45. The number of unbranched alkanes of at least 4 members (excludes halogenated alkanes) is 4. The number of carbonyl (C=O) groups excluding carboxylic acids is 1. The molecule has 5 rings (SSSR count). The first-order valence-electron chi connectivity index (χ1n) is 12.2. The molecular weight excluding hydrogens is 454 g/mol. The van der Waals surface area contributed by atoms with Crippen LogP contribution in [0.5, 0.6) is 0 Å². The van der Waals surface area contributed by atoms with Crippen LogP contribution >= 0.6 is 11.8 Å². The second kappa shape index (κ2) is 10.4. The van der Waals surface area contributed by atoms with Gasteiger partial charge < -0.3 is 4.57 Å². The van der Waals surface area contributed by atoms with Crippen molar-refractivity contribution in [2.75, 3.05) is 0 Å². The molecule has 7 heteroatoms. The Balaban J connectivity index is 1.40. The van der Waals surface area contributed by atoms with E-state index in [-0.39, 0.29) is 17.3 Å². The van der Waals surface area contributed by atoms with Gasteiger partial charge in [0.05, 0.1) is 5.57 Å². The van der Waals surface area contributed by atoms with Crippen LogP contribution in [0.1, 0.15) is 56.6 Å². The highest BCUT2D eigenvalue weighted by Crippen LogP contribution is 2.31. The van der Waals surface area contributed by atoms with E-state index in [1.54, 1.807) is 6.08 Å². The average molecular weight is 484 g/mol. The number of aliphatic imine (C=N–C) groups is 1. The Kier molecular flexibility index (Phi) is 6.95. The van der Waals surface area contributed by atoms with Crippen LogP contribution in [0.4, 0.5) is 0 Å². The summed E-state index contributed by atoms with van der Waals surface area (Å²) < 4.78 is 2.18. The molecule has 3 heterocycles. The first-order chi connectivity index (χ1) is 17.1. The van der Waals surface area contributed by atoms with Gasteiger partial charge in [-0.2, -0.15) is 15.1 Å². The van der Waals surface area contributed by atoms with Crippen LogP contribution in [0, 0.1) is 5.41 Å². The predicted octanol–water partition coefficient (Wildman–Crippen LogP) is 6.67. The fraction of sp³-hybridized carbons (Fsp3) is 0.286. The maximum absolute atomic E-state index is 12.9. The number of rotatable bonds is 9. The molecule has 1 N–H and O–H groups in total. The fourth-order valence-electron chi connectivity index (χ4n) is 4.47. The third-order valence-corrected chi connectivity index (χ3v) is 7.27. The topological polar surface area (TPSA) is 73.8 Å². The van der Waals surface area contributed by atoms with Gasteiger partial charge in [0.2, 0.25) is 5.17 Å². The van der Waals surface area contributed by atoms with Crippen LogP contribution in [0.3, 0.4) is 0 Å². The largest absolute Gasteiger partial charge is 0.342 e. The minimum atomic E-state index is -0.381. The van der Waals surface area contributed by atoms with Crippen LogP contribution in [0.15, 0.2) is 76.5 Å². The zero-order valence-electron chi connectivity index (χ0n) is 19.9. The molecule has 1 aromatic heterocycles. The number of hydrogen-bond acceptors (Lipinski definition) is 4. The van der Waals surface area contributed by atoms with Crippen molar-refractivity contribution in [3.63, 3.8) is 0 Å². The molecule has 0 bridgehead atoms. The van der Waals surface area contributed by atoms with Gasteiger partial charge in [-0.25, -0.2) is 0 Å². The van der Waals surface area contributed by atoms with E-state index >= 15 is 0 Å². The third kappa shape index (κ3) is 5.00. The van der Waals surface area contributed by atoms with Gasteiger partial charge in [-0.1, -0.05) is 81.1 Å². The maximum atomic E-state index is 12.9. The van der Waals surface area contributed by atoms with Crippen LogP contribution in [0.25, 0.3) is 17.0 Å². The van der Waals surface area contributed by atoms with Crippen molar-refractivity contribution in [3.8, 4) is 0 Å². The third-order valence-electron chi connectivity index (χ3n) is 6.31. The molecular formula is C28H29N5OS. The molecule has 0 aliphatic carbocycles. The molecule has 2 aliphatic rings. The highest BCUT2D eigenvalue weighted by molar-refractivity contribution is 8.26. The highest BCUT2D eigenvalue weighted by atomic mass is 32.2. The number of amides is 1. The van der Waals surface area contributed by atoms with Crippen LogP contribution < -0.4 is 0 Å². The average Bonchev–Trinajstić information content (AvgIpc) is 3.43. The molecule has 35 heavy (non-hydrogen) atoms. The monoisotopic (exact) mass is 483 g/mol. The van der Waals surface area contributed by atoms with Gasteiger partial charge in [0.1, 0.15) is 5.04 Å². The Morgan fingerprint density at radius 1 is 1.00 bits per heavy atom. The lowest BCUT2D eigenvalue weighted by atomic mass is 10.1. The molecule has 2 aliphatic heterocycles. The Morgan fingerprint density at radius 2 is 1.77 bits per heavy atom. The van der Waals surface area contributed by atoms with E-state index in [9.17, 15) is 4.79 Å². The predicted molar refractivity (Wildman–Crippen MR) is 146 cm³/mol. The van der Waals surface area contributed by atoms with Gasteiger partial charge in [0.15, 0.2) is 5.84 Å². The zero-order valence-corrected chi connectivity index (χ0v) is 20.7. The van der Waals surface area contributed by atoms with Gasteiger partial charge in [-0.15, -0.1) is 0 Å². The highest BCUT2D eigenvalue weighted by Gasteiger charge is 2.35. The normalized spacial score (nSPS) is 16.7. The number of thioether (sulfide) groups is 1. The Labute approximate surface area is 209 Å². The van der Waals surface area contributed by atoms with Crippen molar-refractivity contribution in [1.29, 1.82) is 5.41 Å². The molecule has 0 saturated heterocycles. The lowest BCUT2D eigenvalue weighted by Gasteiger charge is -2.20. The molecule has 0 atom stereocenters. The number of nitrogens with zero attached hydrogens (tertiary/aromatic N) is 4. The summed E-state index contributed by atoms with van der Waals surface area (Å²) in [5.74, 6) is -0.290. The number of hydrazone groups is 1. The number of amidine groups is 2. The molecule has 0 fully saturated rings. The first kappa shape index (κ1) is 23.3. The van der Waals surface area contributed by atoms with Crippen LogP contribution in [-0.2, 0) is 11.3 Å². The summed E-state index contributed by atoms with van der Waals surface area (Å²) in [7, 11) is 0. The summed E-state index contributed by atoms with van der Waals surface area (Å²) in [5.41, 5.74) is 3.45. The lowest BCUT2D eigenvalue weighted by molar-refractivity contribution is -0.114. The van der Waals surface area contributed by atoms with Gasteiger partial charge >= 0.3 is 0 Å². The van der Waals surface area contributed by atoms with E-state index in [4.69, 9.17) is 5.41 Å². The van der Waals surface area contributed by atoms with Crippen molar-refractivity contribution in [1.82, 2.24) is 9.58 Å². The van der Waals surface area contributed by atoms with Crippen LogP contribution in [0.2, 0.25) is 0 Å². The van der Waals surface area contributed by atoms with Gasteiger partial charge in [0, 0.05) is 29.2 Å². The molecule has 0 spiro atoms. The van der Waals surface area contributed by atoms with E-state index in [2.05, 4.69) is 45.9 Å². The lowest BCUT2D eigenvalue weighted by Crippen LogP contribution is -2.35. The molecule has 0 radical (unpaired) electrons. The standard InChI is InChI=1S/C28H29N5OS/c1-2-3-4-5-9-16-25-31-33-26(29)23(27(34)30-28(33)35-25)17-21-19-32(18-20-12-7-6-8-13-20)24-15-11-10-14-22(21)24/h6-8,10-15,17,19,29H,2-5,9,16,18H2,1H3/b23-17-,29-26?. The SMILES string of the molecule is CCCCCCCC1=NN2C(=N)/C(=C/c3cn(Cc4ccccc4)c4ccccc34)C(=O)N=C2S1. The number of carbonyl (C=O) groups is 1. The van der Waals surface area contributed by atoms with E-state index in [0.717, 1.165) is 40.9 Å². The minimum absolute atomic E-state index is 0.0911. The summed E-state index contributed by atoms with van der Waals surface area (Å²) in [6.45, 7) is 2.94. The molecule has 2 aromatic carbocycles. The van der Waals surface area contributed by atoms with E-state index in [0.29, 0.717) is 5.17 Å². The quantitative estimate of drug-likeness (QED) is 0.273. The summed E-state index contributed by atoms with van der Waals surface area (Å²) >= 11 is 1.42. The second-order valence-corrected chi connectivity index (χ2v) is 9.93. The fourth-order valence-corrected chi connectivity index (χ4v) is 5.40. The van der Waals surface area contributed by atoms with Gasteiger partial charge in [0.25, 0.3) is 5.91 Å². The Morgan fingerprint density at radius 3 is 2.60 bits per heavy atom. The maximum Gasteiger partial charge on any atom is 0.283 e. The van der Waals surface area contributed by atoms with E-state index in [1.807, 2.05) is 36.5 Å². The van der Waals surface area contributed by atoms with E-state index < -0.39 is 0 Å². The summed E-state index contributed by atoms with van der Waals surface area (Å²) in [6.07, 6.45) is 10.7. The number of benzene rings is 2. The second-order valence-electron chi connectivity index (χ2n) is 8.89. The van der Waals surface area contributed by atoms with Crippen molar-refractivity contribution < 1.29 is 4.79 Å². The first-order valence-corrected chi connectivity index (χ1v) is 13.1. The molecule has 0 unspecified atom stereocenters. The molecule has 0 saturated carbocycles.